The van der Waals surface area contributed by atoms with Gasteiger partial charge in [-0.05, 0) is 37.7 Å². The molecule has 2 fully saturated rings. The van der Waals surface area contributed by atoms with E-state index in [1.807, 2.05) is 19.9 Å². The molecule has 2 saturated heterocycles. The van der Waals surface area contributed by atoms with Gasteiger partial charge in [0.15, 0.2) is 0 Å². The molecule has 21 heavy (non-hydrogen) atoms. The molecule has 0 bridgehead atoms. The van der Waals surface area contributed by atoms with E-state index in [0.717, 1.165) is 49.4 Å². The minimum Gasteiger partial charge on any atom is -0.335 e. The van der Waals surface area contributed by atoms with E-state index in [9.17, 15) is 4.79 Å². The van der Waals surface area contributed by atoms with Gasteiger partial charge < -0.3 is 10.2 Å². The highest BCUT2D eigenvalue weighted by Crippen LogP contribution is 2.35. The lowest BCUT2D eigenvalue weighted by Gasteiger charge is -2.27. The number of nitrogens with zero attached hydrogens (tertiary/aromatic N) is 3. The molecule has 5 heteroatoms. The molecule has 2 aliphatic heterocycles. The molecular weight excluding hydrogens is 264 g/mol. The Balaban J connectivity index is 1.90. The Morgan fingerprint density at radius 3 is 2.90 bits per heavy atom. The molecule has 1 aromatic rings. The quantitative estimate of drug-likeness (QED) is 0.914. The number of amides is 1. The third kappa shape index (κ3) is 2.44. The zero-order valence-corrected chi connectivity index (χ0v) is 13.1. The number of likely N-dealkylation sites (tertiary alicyclic amines) is 1. The lowest BCUT2D eigenvalue weighted by molar-refractivity contribution is 0.0709. The van der Waals surface area contributed by atoms with E-state index in [1.165, 1.54) is 0 Å². The molecule has 3 unspecified atom stereocenters. The molecule has 0 saturated carbocycles. The minimum atomic E-state index is 0.145. The Hall–Kier alpha value is -1.49. The number of aromatic nitrogens is 2. The lowest BCUT2D eigenvalue weighted by atomic mass is 9.93. The maximum atomic E-state index is 13.0. The fourth-order valence-corrected chi connectivity index (χ4v) is 3.89. The van der Waals surface area contributed by atoms with Gasteiger partial charge in [-0.2, -0.15) is 10.2 Å². The van der Waals surface area contributed by atoms with E-state index >= 15 is 0 Å². The number of aryl methyl sites for hydroxylation is 2. The number of nitrogens with one attached hydrogen (secondary N) is 1. The van der Waals surface area contributed by atoms with Crippen molar-refractivity contribution in [1.29, 1.82) is 0 Å². The van der Waals surface area contributed by atoms with Crippen LogP contribution in [0.4, 0.5) is 0 Å². The molecule has 2 aliphatic rings. The van der Waals surface area contributed by atoms with Crippen molar-refractivity contribution < 1.29 is 4.79 Å². The van der Waals surface area contributed by atoms with Crippen molar-refractivity contribution in [3.8, 4) is 0 Å². The second kappa shape index (κ2) is 5.72. The average molecular weight is 288 g/mol. The number of carbonyl (C=O) groups is 1. The normalized spacial score (nSPS) is 28.0. The topological polar surface area (TPSA) is 58.1 Å². The van der Waals surface area contributed by atoms with Gasteiger partial charge in [-0.1, -0.05) is 13.8 Å². The van der Waals surface area contributed by atoms with Gasteiger partial charge in [0.1, 0.15) is 0 Å². The Labute approximate surface area is 126 Å². The summed E-state index contributed by atoms with van der Waals surface area (Å²) in [6.45, 7) is 9.06. The van der Waals surface area contributed by atoms with Crippen LogP contribution < -0.4 is 5.32 Å². The Morgan fingerprint density at radius 2 is 2.19 bits per heavy atom. The van der Waals surface area contributed by atoms with Crippen LogP contribution in [0, 0.1) is 18.8 Å². The summed E-state index contributed by atoms with van der Waals surface area (Å²) in [6, 6.07) is 2.25. The summed E-state index contributed by atoms with van der Waals surface area (Å²) >= 11 is 0. The monoisotopic (exact) mass is 288 g/mol. The van der Waals surface area contributed by atoms with Crippen LogP contribution in [-0.4, -0.2) is 46.7 Å². The van der Waals surface area contributed by atoms with Crippen molar-refractivity contribution in [3.05, 3.63) is 23.0 Å². The van der Waals surface area contributed by atoms with E-state index in [0.29, 0.717) is 17.9 Å². The van der Waals surface area contributed by atoms with Crippen LogP contribution in [0.1, 0.15) is 42.0 Å². The fourth-order valence-electron chi connectivity index (χ4n) is 3.89. The van der Waals surface area contributed by atoms with Gasteiger partial charge in [0.05, 0.1) is 17.0 Å². The standard InChI is InChI=1S/C16H24N4O/c1-4-14-12(6-10(3)18-19-14)16(21)20-9-11-7-17-8-13(11)15(20)5-2/h6,11,13,15,17H,4-5,7-9H2,1-3H3. The van der Waals surface area contributed by atoms with Gasteiger partial charge in [0, 0.05) is 25.7 Å². The first-order chi connectivity index (χ1) is 10.2. The summed E-state index contributed by atoms with van der Waals surface area (Å²) in [5.74, 6) is 1.37. The van der Waals surface area contributed by atoms with Crippen molar-refractivity contribution >= 4 is 5.91 Å². The maximum Gasteiger partial charge on any atom is 0.256 e. The van der Waals surface area contributed by atoms with Crippen LogP contribution in [0.3, 0.4) is 0 Å². The number of hydrogen-bond donors (Lipinski definition) is 1. The maximum absolute atomic E-state index is 13.0. The van der Waals surface area contributed by atoms with Crippen LogP contribution in [0.5, 0.6) is 0 Å². The largest absolute Gasteiger partial charge is 0.335 e. The van der Waals surface area contributed by atoms with Crippen molar-refractivity contribution in [3.63, 3.8) is 0 Å². The number of fused-ring (bicyclic) bond motifs is 1. The van der Waals surface area contributed by atoms with E-state index in [2.05, 4.69) is 27.3 Å². The van der Waals surface area contributed by atoms with Crippen LogP contribution in [0.2, 0.25) is 0 Å². The zero-order chi connectivity index (χ0) is 15.0. The third-order valence-electron chi connectivity index (χ3n) is 4.95. The van der Waals surface area contributed by atoms with Gasteiger partial charge in [-0.15, -0.1) is 0 Å². The SMILES string of the molecule is CCc1nnc(C)cc1C(=O)N1CC2CNCC2C1CC. The van der Waals surface area contributed by atoms with Gasteiger partial charge in [0.25, 0.3) is 5.91 Å². The van der Waals surface area contributed by atoms with Crippen molar-refractivity contribution in [1.82, 2.24) is 20.4 Å². The molecule has 0 aliphatic carbocycles. The average Bonchev–Trinajstić information content (AvgIpc) is 3.06. The molecular formula is C16H24N4O. The molecule has 5 nitrogen and oxygen atoms in total. The summed E-state index contributed by atoms with van der Waals surface area (Å²) in [7, 11) is 0. The van der Waals surface area contributed by atoms with Gasteiger partial charge in [0.2, 0.25) is 0 Å². The number of hydrogen-bond acceptors (Lipinski definition) is 4. The first-order valence-corrected chi connectivity index (χ1v) is 8.00. The molecule has 1 amide bonds. The van der Waals surface area contributed by atoms with Gasteiger partial charge >= 0.3 is 0 Å². The highest BCUT2D eigenvalue weighted by molar-refractivity contribution is 5.95. The van der Waals surface area contributed by atoms with Crippen LogP contribution in [0.25, 0.3) is 0 Å². The van der Waals surface area contributed by atoms with Crippen molar-refractivity contribution in [2.75, 3.05) is 19.6 Å². The van der Waals surface area contributed by atoms with E-state index in [4.69, 9.17) is 0 Å². The van der Waals surface area contributed by atoms with Gasteiger partial charge in [-0.3, -0.25) is 4.79 Å². The second-order valence-electron chi connectivity index (χ2n) is 6.21. The molecule has 0 aromatic carbocycles. The smallest absolute Gasteiger partial charge is 0.256 e. The summed E-state index contributed by atoms with van der Waals surface area (Å²) in [5, 5.41) is 11.7. The number of rotatable bonds is 3. The molecule has 3 heterocycles. The van der Waals surface area contributed by atoms with Crippen molar-refractivity contribution in [2.24, 2.45) is 11.8 Å². The third-order valence-corrected chi connectivity index (χ3v) is 4.95. The van der Waals surface area contributed by atoms with Crippen LogP contribution >= 0.6 is 0 Å². The molecule has 0 spiro atoms. The molecule has 1 N–H and O–H groups in total. The predicted octanol–water partition coefficient (Wildman–Crippen LogP) is 1.42. The molecule has 1 aromatic heterocycles. The predicted molar refractivity (Wildman–Crippen MR) is 81.1 cm³/mol. The highest BCUT2D eigenvalue weighted by Gasteiger charge is 2.45. The van der Waals surface area contributed by atoms with E-state index in [1.54, 1.807) is 0 Å². The van der Waals surface area contributed by atoms with Crippen molar-refractivity contribution in [2.45, 2.75) is 39.7 Å². The van der Waals surface area contributed by atoms with Crippen LogP contribution in [-0.2, 0) is 6.42 Å². The fraction of sp³-hybridized carbons (Fsp3) is 0.688. The van der Waals surface area contributed by atoms with Crippen LogP contribution in [0.15, 0.2) is 6.07 Å². The summed E-state index contributed by atoms with van der Waals surface area (Å²) < 4.78 is 0. The number of carbonyl (C=O) groups excluding carboxylic acids is 1. The molecule has 3 rings (SSSR count). The minimum absolute atomic E-state index is 0.145. The molecule has 0 radical (unpaired) electrons. The first-order valence-electron chi connectivity index (χ1n) is 8.00. The Bertz CT molecular complexity index is 545. The first kappa shape index (κ1) is 14.4. The van der Waals surface area contributed by atoms with Gasteiger partial charge in [-0.25, -0.2) is 0 Å². The van der Waals surface area contributed by atoms with E-state index in [-0.39, 0.29) is 5.91 Å². The highest BCUT2D eigenvalue weighted by atomic mass is 16.2. The lowest BCUT2D eigenvalue weighted by Crippen LogP contribution is -2.40. The Kier molecular flexibility index (Phi) is 3.93. The summed E-state index contributed by atoms with van der Waals surface area (Å²) in [5.41, 5.74) is 2.37. The second-order valence-corrected chi connectivity index (χ2v) is 6.21. The summed E-state index contributed by atoms with van der Waals surface area (Å²) in [4.78, 5) is 15.1. The summed E-state index contributed by atoms with van der Waals surface area (Å²) in [6.07, 6.45) is 1.76. The molecule has 3 atom stereocenters. The molecule has 114 valence electrons. The Morgan fingerprint density at radius 1 is 1.38 bits per heavy atom. The zero-order valence-electron chi connectivity index (χ0n) is 13.1. The van der Waals surface area contributed by atoms with E-state index < -0.39 is 0 Å².